The van der Waals surface area contributed by atoms with Crippen molar-refractivity contribution in [2.24, 2.45) is 10.8 Å². The third-order valence-corrected chi connectivity index (χ3v) is 4.72. The highest BCUT2D eigenvalue weighted by Crippen LogP contribution is 2.34. The lowest BCUT2D eigenvalue weighted by atomic mass is 10.0. The van der Waals surface area contributed by atoms with Gasteiger partial charge in [-0.15, -0.1) is 0 Å². The second kappa shape index (κ2) is 5.26. The van der Waals surface area contributed by atoms with E-state index in [2.05, 4.69) is 22.7 Å². The zero-order chi connectivity index (χ0) is 15.8. The van der Waals surface area contributed by atoms with Crippen molar-refractivity contribution in [1.82, 2.24) is 5.43 Å². The number of nitrogens with zero attached hydrogens (tertiary/aromatic N) is 1. The quantitative estimate of drug-likeness (QED) is 0.598. The molecule has 1 heterocycles. The Hall–Kier alpha value is -1.68. The first kappa shape index (κ1) is 15.7. The molecular weight excluding hydrogens is 327 g/mol. The van der Waals surface area contributed by atoms with Gasteiger partial charge < -0.3 is 5.73 Å². The summed E-state index contributed by atoms with van der Waals surface area (Å²) in [7, 11) is -3.62. The minimum Gasteiger partial charge on any atom is -0.375 e. The van der Waals surface area contributed by atoms with Crippen LogP contribution in [0.5, 0.6) is 0 Å². The Balaban J connectivity index is 2.60. The Kier molecular flexibility index (Phi) is 3.93. The third kappa shape index (κ3) is 3.32. The molecule has 0 bridgehead atoms. The summed E-state index contributed by atoms with van der Waals surface area (Å²) < 4.78 is 62.1. The molecule has 1 aliphatic rings. The van der Waals surface area contributed by atoms with Gasteiger partial charge in [0.15, 0.2) is 14.9 Å². The van der Waals surface area contributed by atoms with Crippen molar-refractivity contribution in [2.45, 2.75) is 17.5 Å². The van der Waals surface area contributed by atoms with Gasteiger partial charge in [0.25, 0.3) is 0 Å². The first-order valence-corrected chi connectivity index (χ1v) is 7.74. The summed E-state index contributed by atoms with van der Waals surface area (Å²) in [5.41, 5.74) is 6.60. The van der Waals surface area contributed by atoms with Crippen LogP contribution in [-0.4, -0.2) is 25.0 Å². The van der Waals surface area contributed by atoms with Crippen LogP contribution in [0.1, 0.15) is 17.5 Å². The van der Waals surface area contributed by atoms with E-state index in [1.807, 2.05) is 0 Å². The predicted octanol–water partition coefficient (Wildman–Crippen LogP) is 1.42. The normalized spacial score (nSPS) is 19.1. The van der Waals surface area contributed by atoms with Crippen molar-refractivity contribution in [3.8, 4) is 0 Å². The molecule has 2 rings (SSSR count). The van der Waals surface area contributed by atoms with Crippen LogP contribution >= 0.6 is 12.2 Å². The highest BCUT2D eigenvalue weighted by atomic mass is 32.2. The predicted molar refractivity (Wildman–Crippen MR) is 74.6 cm³/mol. The summed E-state index contributed by atoms with van der Waals surface area (Å²) in [6, 6.07) is 2.45. The van der Waals surface area contributed by atoms with Gasteiger partial charge in [-0.3, -0.25) is 5.43 Å². The number of hydrazone groups is 1. The van der Waals surface area contributed by atoms with Crippen molar-refractivity contribution in [2.75, 3.05) is 5.75 Å². The number of nitrogens with two attached hydrogens (primary N) is 1. The van der Waals surface area contributed by atoms with Crippen molar-refractivity contribution < 1.29 is 21.6 Å². The number of nitrogens with one attached hydrogen (secondary N) is 1. The lowest BCUT2D eigenvalue weighted by Crippen LogP contribution is -2.29. The fourth-order valence-electron chi connectivity index (χ4n) is 1.92. The standard InChI is InChI=1S/C11H10F3N3O2S2/c12-11(13,14)6-1-2-9-7(5-6)8(16-17-10(15)20)3-4-21(9,18)19/h1-2,5H,3-4H2,(H3,15,17,20)/b16-8+. The van der Waals surface area contributed by atoms with Gasteiger partial charge in [-0.25, -0.2) is 8.42 Å². The van der Waals surface area contributed by atoms with E-state index in [0.717, 1.165) is 18.2 Å². The van der Waals surface area contributed by atoms with Gasteiger partial charge >= 0.3 is 6.18 Å². The van der Waals surface area contributed by atoms with Gasteiger partial charge in [-0.2, -0.15) is 18.3 Å². The third-order valence-electron chi connectivity index (χ3n) is 2.86. The zero-order valence-electron chi connectivity index (χ0n) is 10.4. The first-order valence-electron chi connectivity index (χ1n) is 5.67. The van der Waals surface area contributed by atoms with Crippen LogP contribution in [0.3, 0.4) is 0 Å². The number of hydrogen-bond acceptors (Lipinski definition) is 4. The van der Waals surface area contributed by atoms with Crippen LogP contribution in [0.4, 0.5) is 13.2 Å². The van der Waals surface area contributed by atoms with Gasteiger partial charge in [0.1, 0.15) is 0 Å². The van der Waals surface area contributed by atoms with E-state index >= 15 is 0 Å². The molecule has 0 fully saturated rings. The summed E-state index contributed by atoms with van der Waals surface area (Å²) in [5.74, 6) is -0.233. The molecule has 3 N–H and O–H groups in total. The van der Waals surface area contributed by atoms with Gasteiger partial charge in [-0.1, -0.05) is 0 Å². The number of benzene rings is 1. The number of thiocarbonyl (C=S) groups is 1. The van der Waals surface area contributed by atoms with Crippen LogP contribution in [0.15, 0.2) is 28.2 Å². The Bertz CT molecular complexity index is 727. The monoisotopic (exact) mass is 337 g/mol. The maximum Gasteiger partial charge on any atom is 0.416 e. The van der Waals surface area contributed by atoms with Crippen LogP contribution < -0.4 is 11.2 Å². The van der Waals surface area contributed by atoms with Crippen LogP contribution in [0.2, 0.25) is 0 Å². The van der Waals surface area contributed by atoms with E-state index in [1.54, 1.807) is 0 Å². The Morgan fingerprint density at radius 3 is 2.62 bits per heavy atom. The summed E-state index contributed by atoms with van der Waals surface area (Å²) in [6.45, 7) is 0. The Morgan fingerprint density at radius 2 is 2.05 bits per heavy atom. The molecule has 0 saturated carbocycles. The van der Waals surface area contributed by atoms with Crippen molar-refractivity contribution in [3.05, 3.63) is 29.3 Å². The van der Waals surface area contributed by atoms with Gasteiger partial charge in [0.2, 0.25) is 0 Å². The molecule has 0 saturated heterocycles. The highest BCUT2D eigenvalue weighted by molar-refractivity contribution is 7.91. The lowest BCUT2D eigenvalue weighted by molar-refractivity contribution is -0.137. The van der Waals surface area contributed by atoms with E-state index < -0.39 is 21.6 Å². The molecule has 5 nitrogen and oxygen atoms in total. The molecule has 0 atom stereocenters. The molecular formula is C11H10F3N3O2S2. The highest BCUT2D eigenvalue weighted by Gasteiger charge is 2.34. The van der Waals surface area contributed by atoms with E-state index in [1.165, 1.54) is 0 Å². The summed E-state index contributed by atoms with van der Waals surface area (Å²) in [6.07, 6.45) is -4.59. The molecule has 10 heteroatoms. The molecule has 1 aromatic rings. The van der Waals surface area contributed by atoms with Crippen LogP contribution in [-0.2, 0) is 16.0 Å². The minimum atomic E-state index is -4.57. The summed E-state index contributed by atoms with van der Waals surface area (Å²) >= 11 is 4.55. The largest absolute Gasteiger partial charge is 0.416 e. The molecule has 0 unspecified atom stereocenters. The molecule has 21 heavy (non-hydrogen) atoms. The Labute approximate surface area is 123 Å². The molecule has 114 valence electrons. The SMILES string of the molecule is NC(=S)N/N=C1\CCS(=O)(=O)c2ccc(C(F)(F)F)cc21. The number of sulfone groups is 1. The summed E-state index contributed by atoms with van der Waals surface area (Å²) in [5, 5.41) is 3.62. The maximum atomic E-state index is 12.7. The van der Waals surface area contributed by atoms with Crippen molar-refractivity contribution in [3.63, 3.8) is 0 Å². The van der Waals surface area contributed by atoms with E-state index in [9.17, 15) is 21.6 Å². The van der Waals surface area contributed by atoms with Crippen molar-refractivity contribution in [1.29, 1.82) is 0 Å². The summed E-state index contributed by atoms with van der Waals surface area (Å²) in [4.78, 5) is -0.176. The first-order chi connectivity index (χ1) is 9.61. The number of hydrogen-bond donors (Lipinski definition) is 2. The number of fused-ring (bicyclic) bond motifs is 1. The fraction of sp³-hybridized carbons (Fsp3) is 0.273. The second-order valence-electron chi connectivity index (χ2n) is 4.31. The Morgan fingerprint density at radius 1 is 1.38 bits per heavy atom. The molecule has 0 amide bonds. The average molecular weight is 337 g/mol. The maximum absolute atomic E-state index is 12.7. The molecule has 0 aromatic heterocycles. The van der Waals surface area contributed by atoms with Gasteiger partial charge in [-0.05, 0) is 30.4 Å². The number of alkyl halides is 3. The lowest BCUT2D eigenvalue weighted by Gasteiger charge is -2.20. The van der Waals surface area contributed by atoms with E-state index in [4.69, 9.17) is 5.73 Å². The minimum absolute atomic E-state index is 0.0216. The van der Waals surface area contributed by atoms with Gasteiger partial charge in [0.05, 0.1) is 21.9 Å². The number of rotatable bonds is 1. The fourth-order valence-corrected chi connectivity index (χ4v) is 3.43. The topological polar surface area (TPSA) is 84.5 Å². The van der Waals surface area contributed by atoms with Crippen LogP contribution in [0.25, 0.3) is 0 Å². The molecule has 1 aliphatic heterocycles. The smallest absolute Gasteiger partial charge is 0.375 e. The van der Waals surface area contributed by atoms with Crippen LogP contribution in [0, 0.1) is 0 Å². The zero-order valence-corrected chi connectivity index (χ0v) is 12.1. The second-order valence-corrected chi connectivity index (χ2v) is 6.83. The van der Waals surface area contributed by atoms with E-state index in [-0.39, 0.29) is 33.5 Å². The van der Waals surface area contributed by atoms with E-state index in [0.29, 0.717) is 0 Å². The molecule has 0 spiro atoms. The number of halogens is 3. The van der Waals surface area contributed by atoms with Gasteiger partial charge in [0, 0.05) is 12.0 Å². The van der Waals surface area contributed by atoms with Crippen molar-refractivity contribution >= 4 is 32.9 Å². The molecule has 0 aliphatic carbocycles. The molecule has 0 radical (unpaired) electrons. The molecule has 1 aromatic carbocycles. The average Bonchev–Trinajstić information content (AvgIpc) is 2.36.